The highest BCUT2D eigenvalue weighted by molar-refractivity contribution is 6.32. The molecule has 0 spiro atoms. The Balaban J connectivity index is 1.82. The second-order valence-corrected chi connectivity index (χ2v) is 6.78. The van der Waals surface area contributed by atoms with Gasteiger partial charge in [0.1, 0.15) is 11.7 Å². The van der Waals surface area contributed by atoms with Gasteiger partial charge >= 0.3 is 6.03 Å². The van der Waals surface area contributed by atoms with Gasteiger partial charge in [0, 0.05) is 17.3 Å². The van der Waals surface area contributed by atoms with E-state index in [2.05, 4.69) is 10.6 Å². The van der Waals surface area contributed by atoms with Gasteiger partial charge in [0.15, 0.2) is 0 Å². The number of carbonyl (C=O) groups excluding carboxylic acids is 3. The van der Waals surface area contributed by atoms with Gasteiger partial charge in [-0.25, -0.2) is 14.1 Å². The molecule has 27 heavy (non-hydrogen) atoms. The molecular formula is C18H14Cl2FN3O3. The average Bonchev–Trinajstić information content (AvgIpc) is 2.61. The van der Waals surface area contributed by atoms with Crippen LogP contribution in [0.5, 0.6) is 0 Å². The van der Waals surface area contributed by atoms with Crippen LogP contribution in [0.1, 0.15) is 5.56 Å². The molecule has 0 bridgehead atoms. The molecular weight excluding hydrogens is 396 g/mol. The Hall–Kier alpha value is -2.64. The lowest BCUT2D eigenvalue weighted by Gasteiger charge is -2.30. The minimum Gasteiger partial charge on any atom is -0.336 e. The first-order valence-electron chi connectivity index (χ1n) is 7.92. The van der Waals surface area contributed by atoms with Crippen LogP contribution in [0.3, 0.4) is 0 Å². The summed E-state index contributed by atoms with van der Waals surface area (Å²) >= 11 is 11.8. The summed E-state index contributed by atoms with van der Waals surface area (Å²) in [7, 11) is 0. The van der Waals surface area contributed by atoms with Crippen molar-refractivity contribution in [3.63, 3.8) is 0 Å². The molecule has 1 aliphatic heterocycles. The van der Waals surface area contributed by atoms with Crippen LogP contribution in [0.15, 0.2) is 36.4 Å². The lowest BCUT2D eigenvalue weighted by Crippen LogP contribution is -2.58. The minimum atomic E-state index is -1.16. The highest BCUT2D eigenvalue weighted by Crippen LogP contribution is 2.26. The molecule has 2 aromatic carbocycles. The molecule has 1 saturated heterocycles. The van der Waals surface area contributed by atoms with Crippen molar-refractivity contribution in [1.29, 1.82) is 0 Å². The van der Waals surface area contributed by atoms with Gasteiger partial charge in [-0.15, -0.1) is 0 Å². The maximum Gasteiger partial charge on any atom is 0.328 e. The van der Waals surface area contributed by atoms with Crippen LogP contribution in [0.2, 0.25) is 10.0 Å². The fourth-order valence-corrected chi connectivity index (χ4v) is 2.94. The topological polar surface area (TPSA) is 78.5 Å². The zero-order valence-electron chi connectivity index (χ0n) is 14.1. The SMILES string of the molecule is Cc1ccc(NC(=O)C2CNC(=O)N(c3ccc(F)c(Cl)c3)C2=O)cc1Cl. The van der Waals surface area contributed by atoms with E-state index in [4.69, 9.17) is 23.2 Å². The molecule has 1 atom stereocenters. The second kappa shape index (κ2) is 7.54. The molecule has 140 valence electrons. The smallest absolute Gasteiger partial charge is 0.328 e. The van der Waals surface area contributed by atoms with E-state index in [1.807, 2.05) is 6.92 Å². The Labute approximate surface area is 164 Å². The largest absolute Gasteiger partial charge is 0.336 e. The van der Waals surface area contributed by atoms with Gasteiger partial charge in [0.05, 0.1) is 10.7 Å². The first-order valence-corrected chi connectivity index (χ1v) is 8.67. The number of urea groups is 1. The number of halogens is 3. The fraction of sp³-hybridized carbons (Fsp3) is 0.167. The Morgan fingerprint density at radius 2 is 1.93 bits per heavy atom. The lowest BCUT2D eigenvalue weighted by molar-refractivity contribution is -0.130. The van der Waals surface area contributed by atoms with Crippen molar-refractivity contribution >= 4 is 52.4 Å². The van der Waals surface area contributed by atoms with Crippen LogP contribution in [0.4, 0.5) is 20.6 Å². The van der Waals surface area contributed by atoms with Crippen molar-refractivity contribution in [2.75, 3.05) is 16.8 Å². The van der Waals surface area contributed by atoms with Crippen molar-refractivity contribution < 1.29 is 18.8 Å². The van der Waals surface area contributed by atoms with Crippen molar-refractivity contribution in [1.82, 2.24) is 5.32 Å². The Kier molecular flexibility index (Phi) is 5.34. The number of hydrogen-bond donors (Lipinski definition) is 2. The maximum absolute atomic E-state index is 13.4. The number of nitrogens with zero attached hydrogens (tertiary/aromatic N) is 1. The molecule has 6 nitrogen and oxygen atoms in total. The zero-order valence-corrected chi connectivity index (χ0v) is 15.6. The third-order valence-corrected chi connectivity index (χ3v) is 4.79. The highest BCUT2D eigenvalue weighted by Gasteiger charge is 2.39. The number of carbonyl (C=O) groups is 3. The predicted octanol–water partition coefficient (Wildman–Crippen LogP) is 3.75. The molecule has 0 radical (unpaired) electrons. The van der Waals surface area contributed by atoms with Crippen LogP contribution < -0.4 is 15.5 Å². The Bertz CT molecular complexity index is 951. The molecule has 1 unspecified atom stereocenters. The monoisotopic (exact) mass is 409 g/mol. The number of rotatable bonds is 3. The van der Waals surface area contributed by atoms with E-state index in [0.717, 1.165) is 22.6 Å². The quantitative estimate of drug-likeness (QED) is 0.757. The summed E-state index contributed by atoms with van der Waals surface area (Å²) < 4.78 is 13.4. The summed E-state index contributed by atoms with van der Waals surface area (Å²) in [6.07, 6.45) is 0. The van der Waals surface area contributed by atoms with E-state index in [0.29, 0.717) is 10.7 Å². The zero-order chi connectivity index (χ0) is 19.7. The molecule has 1 heterocycles. The summed E-state index contributed by atoms with van der Waals surface area (Å²) in [5.41, 5.74) is 1.34. The first kappa shape index (κ1) is 19.1. The number of benzene rings is 2. The van der Waals surface area contributed by atoms with Gasteiger partial charge in [-0.1, -0.05) is 29.3 Å². The van der Waals surface area contributed by atoms with Crippen LogP contribution in [0.25, 0.3) is 0 Å². The van der Waals surface area contributed by atoms with Gasteiger partial charge in [0.25, 0.3) is 0 Å². The van der Waals surface area contributed by atoms with E-state index in [1.54, 1.807) is 18.2 Å². The summed E-state index contributed by atoms with van der Waals surface area (Å²) in [4.78, 5) is 38.1. The molecule has 0 aromatic heterocycles. The fourth-order valence-electron chi connectivity index (χ4n) is 2.59. The number of imide groups is 1. The number of hydrogen-bond acceptors (Lipinski definition) is 3. The molecule has 0 aliphatic carbocycles. The van der Waals surface area contributed by atoms with Gasteiger partial charge < -0.3 is 10.6 Å². The Morgan fingerprint density at radius 1 is 1.19 bits per heavy atom. The van der Waals surface area contributed by atoms with Gasteiger partial charge in [-0.3, -0.25) is 9.59 Å². The minimum absolute atomic E-state index is 0.0692. The predicted molar refractivity (Wildman–Crippen MR) is 101 cm³/mol. The van der Waals surface area contributed by atoms with Crippen LogP contribution in [-0.2, 0) is 9.59 Å². The second-order valence-electron chi connectivity index (χ2n) is 5.96. The molecule has 1 fully saturated rings. The molecule has 4 amide bonds. The number of nitrogens with one attached hydrogen (secondary N) is 2. The average molecular weight is 410 g/mol. The molecule has 1 aliphatic rings. The number of anilines is 2. The van der Waals surface area contributed by atoms with Crippen molar-refractivity contribution in [3.05, 3.63) is 57.8 Å². The van der Waals surface area contributed by atoms with Crippen molar-refractivity contribution in [3.8, 4) is 0 Å². The summed E-state index contributed by atoms with van der Waals surface area (Å²) in [5.74, 6) is -3.18. The van der Waals surface area contributed by atoms with Crippen LogP contribution in [0, 0.1) is 18.7 Å². The van der Waals surface area contributed by atoms with E-state index < -0.39 is 29.6 Å². The summed E-state index contributed by atoms with van der Waals surface area (Å²) in [6, 6.07) is 7.66. The molecule has 3 rings (SSSR count). The van der Waals surface area contributed by atoms with Gasteiger partial charge in [-0.2, -0.15) is 0 Å². The Morgan fingerprint density at radius 3 is 2.59 bits per heavy atom. The van der Waals surface area contributed by atoms with Crippen LogP contribution in [-0.4, -0.2) is 24.4 Å². The molecule has 9 heteroatoms. The lowest BCUT2D eigenvalue weighted by atomic mass is 10.0. The third-order valence-electron chi connectivity index (χ3n) is 4.10. The summed E-state index contributed by atoms with van der Waals surface area (Å²) in [6.45, 7) is 1.66. The third kappa shape index (κ3) is 3.89. The van der Waals surface area contributed by atoms with E-state index >= 15 is 0 Å². The highest BCUT2D eigenvalue weighted by atomic mass is 35.5. The number of aryl methyl sites for hydroxylation is 1. The first-order chi connectivity index (χ1) is 12.8. The number of amides is 4. The maximum atomic E-state index is 13.4. The summed E-state index contributed by atoms with van der Waals surface area (Å²) in [5, 5.41) is 5.31. The van der Waals surface area contributed by atoms with Crippen molar-refractivity contribution in [2.24, 2.45) is 5.92 Å². The molecule has 0 saturated carbocycles. The molecule has 2 aromatic rings. The van der Waals surface area contributed by atoms with E-state index in [9.17, 15) is 18.8 Å². The van der Waals surface area contributed by atoms with Gasteiger partial charge in [-0.05, 0) is 42.8 Å². The standard InChI is InChI=1S/C18H14Cl2FN3O3/c1-9-2-3-10(6-13(9)19)23-16(25)12-8-22-18(27)24(17(12)26)11-4-5-15(21)14(20)7-11/h2-7,12H,8H2,1H3,(H,22,27)(H,23,25). The van der Waals surface area contributed by atoms with Crippen molar-refractivity contribution in [2.45, 2.75) is 6.92 Å². The molecule has 2 N–H and O–H groups in total. The van der Waals surface area contributed by atoms with E-state index in [-0.39, 0.29) is 17.3 Å². The van der Waals surface area contributed by atoms with Crippen LogP contribution >= 0.6 is 23.2 Å². The van der Waals surface area contributed by atoms with E-state index in [1.165, 1.54) is 6.07 Å². The van der Waals surface area contributed by atoms with Gasteiger partial charge in [0.2, 0.25) is 11.8 Å². The normalized spacial score (nSPS) is 16.9.